The number of aromatic nitrogens is 4. The van der Waals surface area contributed by atoms with Gasteiger partial charge < -0.3 is 15.6 Å². The zero-order valence-corrected chi connectivity index (χ0v) is 15.2. The Hall–Kier alpha value is -3.68. The van der Waals surface area contributed by atoms with Crippen LogP contribution in [0, 0.1) is 6.92 Å². The van der Waals surface area contributed by atoms with Gasteiger partial charge in [0.05, 0.1) is 40.1 Å². The van der Waals surface area contributed by atoms with Gasteiger partial charge in [-0.3, -0.25) is 19.3 Å². The van der Waals surface area contributed by atoms with Crippen LogP contribution in [0.1, 0.15) is 33.7 Å². The Labute approximate surface area is 160 Å². The molecular weight excluding hydrogens is 356 g/mol. The molecule has 2 aliphatic heterocycles. The van der Waals surface area contributed by atoms with E-state index in [0.29, 0.717) is 35.6 Å². The van der Waals surface area contributed by atoms with E-state index in [4.69, 9.17) is 0 Å². The summed E-state index contributed by atoms with van der Waals surface area (Å²) in [6.45, 7) is 3.06. The highest BCUT2D eigenvalue weighted by molar-refractivity contribution is 6.35. The van der Waals surface area contributed by atoms with Crippen molar-refractivity contribution in [2.75, 3.05) is 11.9 Å². The predicted octanol–water partition coefficient (Wildman–Crippen LogP) is 2.21. The molecule has 0 aliphatic carbocycles. The van der Waals surface area contributed by atoms with Crippen molar-refractivity contribution < 1.29 is 9.59 Å². The molecule has 2 aliphatic rings. The first-order chi connectivity index (χ1) is 13.6. The van der Waals surface area contributed by atoms with Crippen molar-refractivity contribution >= 4 is 29.2 Å². The third-order valence-corrected chi connectivity index (χ3v) is 5.01. The lowest BCUT2D eigenvalue weighted by Gasteiger charge is -2.10. The standard InChI is InChI=1S/C20H18N6O2/c1-11-7-14-15(24-11)9-13-12-8-16(22-10-17(12)25-20(13)28)18-3-5-23-26(18)6-2-4-21-19(14)27/h3,5,7-10,24H,2,4,6H2,1H3,(H,21,27)(H,25,28)/b13-9-. The van der Waals surface area contributed by atoms with Gasteiger partial charge in [-0.15, -0.1) is 0 Å². The van der Waals surface area contributed by atoms with E-state index < -0.39 is 0 Å². The molecule has 3 aromatic heterocycles. The number of H-pyrrole nitrogens is 1. The van der Waals surface area contributed by atoms with Crippen molar-refractivity contribution in [3.63, 3.8) is 0 Å². The minimum Gasteiger partial charge on any atom is -0.358 e. The van der Waals surface area contributed by atoms with E-state index in [2.05, 4.69) is 25.7 Å². The normalized spacial score (nSPS) is 17.7. The number of carbonyl (C=O) groups is 2. The molecule has 0 saturated carbocycles. The van der Waals surface area contributed by atoms with Crippen molar-refractivity contribution in [1.82, 2.24) is 25.1 Å². The van der Waals surface area contributed by atoms with Gasteiger partial charge in [0.1, 0.15) is 0 Å². The number of fused-ring (bicyclic) bond motifs is 4. The molecule has 8 nitrogen and oxygen atoms in total. The second-order valence-electron chi connectivity index (χ2n) is 6.96. The third kappa shape index (κ3) is 2.61. The summed E-state index contributed by atoms with van der Waals surface area (Å²) in [5, 5.41) is 10.2. The lowest BCUT2D eigenvalue weighted by Crippen LogP contribution is -2.25. The molecule has 0 unspecified atom stereocenters. The maximum atomic E-state index is 12.7. The van der Waals surface area contributed by atoms with Crippen LogP contribution in [0.15, 0.2) is 30.6 Å². The number of rotatable bonds is 0. The van der Waals surface area contributed by atoms with Crippen LogP contribution in [0.4, 0.5) is 5.69 Å². The predicted molar refractivity (Wildman–Crippen MR) is 104 cm³/mol. The third-order valence-electron chi connectivity index (χ3n) is 5.01. The van der Waals surface area contributed by atoms with Crippen LogP contribution in [-0.4, -0.2) is 38.1 Å². The first kappa shape index (κ1) is 16.5. The number of hydrogen-bond acceptors (Lipinski definition) is 4. The second-order valence-corrected chi connectivity index (χ2v) is 6.96. The van der Waals surface area contributed by atoms with E-state index in [0.717, 1.165) is 29.1 Å². The van der Waals surface area contributed by atoms with E-state index in [1.54, 1.807) is 24.5 Å². The van der Waals surface area contributed by atoms with E-state index >= 15 is 0 Å². The molecule has 28 heavy (non-hydrogen) atoms. The number of nitrogens with one attached hydrogen (secondary N) is 3. The summed E-state index contributed by atoms with van der Waals surface area (Å²) >= 11 is 0. The molecule has 5 rings (SSSR count). The number of anilines is 1. The van der Waals surface area contributed by atoms with Crippen molar-refractivity contribution in [3.05, 3.63) is 53.1 Å². The van der Waals surface area contributed by atoms with Gasteiger partial charge in [-0.05, 0) is 37.6 Å². The SMILES string of the molecule is Cc1cc2c([nH]1)/C=C1\C(=O)Nc3cnc(cc31)-c1ccnn1CCCNC2=O. The molecule has 2 amide bonds. The lowest BCUT2D eigenvalue weighted by atomic mass is 10.0. The van der Waals surface area contributed by atoms with Gasteiger partial charge in [-0.2, -0.15) is 5.10 Å². The molecule has 3 aromatic rings. The van der Waals surface area contributed by atoms with Gasteiger partial charge in [0, 0.05) is 30.5 Å². The first-order valence-electron chi connectivity index (χ1n) is 9.13. The monoisotopic (exact) mass is 374 g/mol. The van der Waals surface area contributed by atoms with Crippen LogP contribution in [0.2, 0.25) is 0 Å². The van der Waals surface area contributed by atoms with Gasteiger partial charge in [0.2, 0.25) is 0 Å². The lowest BCUT2D eigenvalue weighted by molar-refractivity contribution is -0.110. The molecule has 3 N–H and O–H groups in total. The molecule has 0 aromatic carbocycles. The van der Waals surface area contributed by atoms with Crippen LogP contribution in [0.5, 0.6) is 0 Å². The molecule has 140 valence electrons. The molecular formula is C20H18N6O2. The Morgan fingerprint density at radius 2 is 2.04 bits per heavy atom. The number of nitrogens with zero attached hydrogens (tertiary/aromatic N) is 3. The summed E-state index contributed by atoms with van der Waals surface area (Å²) in [5.41, 5.74) is 5.55. The largest absolute Gasteiger partial charge is 0.358 e. The molecule has 0 fully saturated rings. The molecule has 2 bridgehead atoms. The molecule has 5 heterocycles. The van der Waals surface area contributed by atoms with Crippen LogP contribution in [0.3, 0.4) is 0 Å². The summed E-state index contributed by atoms with van der Waals surface area (Å²) in [4.78, 5) is 32.9. The Bertz CT molecular complexity index is 1150. The number of carbonyl (C=O) groups excluding carboxylic acids is 2. The smallest absolute Gasteiger partial charge is 0.256 e. The number of aryl methyl sites for hydroxylation is 2. The van der Waals surface area contributed by atoms with E-state index in [-0.39, 0.29) is 11.8 Å². The summed E-state index contributed by atoms with van der Waals surface area (Å²) < 4.78 is 1.87. The Morgan fingerprint density at radius 1 is 1.14 bits per heavy atom. The van der Waals surface area contributed by atoms with E-state index in [9.17, 15) is 9.59 Å². The Balaban J connectivity index is 1.72. The van der Waals surface area contributed by atoms with Crippen molar-refractivity contribution in [2.24, 2.45) is 0 Å². The van der Waals surface area contributed by atoms with Gasteiger partial charge in [0.15, 0.2) is 0 Å². The van der Waals surface area contributed by atoms with Crippen LogP contribution < -0.4 is 10.6 Å². The maximum absolute atomic E-state index is 12.7. The number of amides is 2. The quantitative estimate of drug-likeness (QED) is 0.561. The average molecular weight is 374 g/mol. The van der Waals surface area contributed by atoms with Crippen LogP contribution >= 0.6 is 0 Å². The summed E-state index contributed by atoms with van der Waals surface area (Å²) in [5.74, 6) is -0.379. The molecule has 0 radical (unpaired) electrons. The average Bonchev–Trinajstić information content (AvgIpc) is 3.36. The molecule has 0 saturated heterocycles. The molecule has 0 spiro atoms. The van der Waals surface area contributed by atoms with E-state index in [1.807, 2.05) is 23.7 Å². The van der Waals surface area contributed by atoms with Gasteiger partial charge in [0.25, 0.3) is 11.8 Å². The zero-order chi connectivity index (χ0) is 19.3. The molecule has 0 atom stereocenters. The fourth-order valence-corrected chi connectivity index (χ4v) is 3.68. The molecule has 8 heteroatoms. The topological polar surface area (TPSA) is 105 Å². The highest BCUT2D eigenvalue weighted by Gasteiger charge is 2.27. The Morgan fingerprint density at radius 3 is 2.93 bits per heavy atom. The minimum atomic E-state index is -0.215. The fourth-order valence-electron chi connectivity index (χ4n) is 3.68. The van der Waals surface area contributed by atoms with Crippen molar-refractivity contribution in [3.8, 4) is 11.4 Å². The van der Waals surface area contributed by atoms with Crippen molar-refractivity contribution in [1.29, 1.82) is 0 Å². The fraction of sp³-hybridized carbons (Fsp3) is 0.200. The van der Waals surface area contributed by atoms with Crippen LogP contribution in [-0.2, 0) is 11.3 Å². The number of hydrogen-bond donors (Lipinski definition) is 3. The second kappa shape index (κ2) is 6.19. The maximum Gasteiger partial charge on any atom is 0.256 e. The number of aromatic amines is 1. The summed E-state index contributed by atoms with van der Waals surface area (Å²) in [7, 11) is 0. The Kier molecular flexibility index (Phi) is 3.65. The summed E-state index contributed by atoms with van der Waals surface area (Å²) in [6, 6.07) is 5.60. The zero-order valence-electron chi connectivity index (χ0n) is 15.2. The van der Waals surface area contributed by atoms with Gasteiger partial charge in [-0.25, -0.2) is 0 Å². The van der Waals surface area contributed by atoms with Gasteiger partial charge in [-0.1, -0.05) is 0 Å². The first-order valence-corrected chi connectivity index (χ1v) is 9.13. The highest BCUT2D eigenvalue weighted by Crippen LogP contribution is 2.35. The van der Waals surface area contributed by atoms with Gasteiger partial charge >= 0.3 is 0 Å². The minimum absolute atomic E-state index is 0.164. The van der Waals surface area contributed by atoms with Crippen molar-refractivity contribution in [2.45, 2.75) is 19.9 Å². The number of pyridine rings is 1. The van der Waals surface area contributed by atoms with Crippen LogP contribution in [0.25, 0.3) is 23.0 Å². The van der Waals surface area contributed by atoms with E-state index in [1.165, 1.54) is 0 Å². The summed E-state index contributed by atoms with van der Waals surface area (Å²) in [6.07, 6.45) is 5.87. The highest BCUT2D eigenvalue weighted by atomic mass is 16.2.